The number of carbonyl (C=O) groups excluding carboxylic acids is 3. The SMILES string of the molecule is CCOC(=O)C1=C2C(=[N+]1CC(=O)NC(Cc1cc(F)cc(F)c1)c1ncccc1-c1ccc(F)c(C(N)=O)c1)C1CCC2C1. The minimum Gasteiger partial charge on any atom is -0.458 e. The molecule has 1 aliphatic heterocycles. The van der Waals surface area contributed by atoms with Crippen LogP contribution in [-0.4, -0.2) is 46.2 Å². The Hall–Kier alpha value is -4.80. The van der Waals surface area contributed by atoms with E-state index in [-0.39, 0.29) is 36.6 Å². The van der Waals surface area contributed by atoms with E-state index >= 15 is 0 Å². The lowest BCUT2D eigenvalue weighted by Crippen LogP contribution is -2.46. The molecule has 2 bridgehead atoms. The van der Waals surface area contributed by atoms with Crippen LogP contribution in [0.2, 0.25) is 0 Å². The number of aromatic nitrogens is 1. The van der Waals surface area contributed by atoms with Gasteiger partial charge in [0, 0.05) is 23.7 Å². The van der Waals surface area contributed by atoms with E-state index in [2.05, 4.69) is 10.3 Å². The molecule has 2 aromatic carbocycles. The highest BCUT2D eigenvalue weighted by Crippen LogP contribution is 2.51. The van der Waals surface area contributed by atoms with Crippen LogP contribution in [0.4, 0.5) is 13.2 Å². The summed E-state index contributed by atoms with van der Waals surface area (Å²) in [6, 6.07) is 9.36. The Balaban J connectivity index is 1.35. The molecule has 0 saturated heterocycles. The fourth-order valence-electron chi connectivity index (χ4n) is 6.78. The molecule has 2 saturated carbocycles. The molecule has 2 fully saturated rings. The summed E-state index contributed by atoms with van der Waals surface area (Å²) >= 11 is 0. The number of nitrogens with zero attached hydrogens (tertiary/aromatic N) is 2. The average molecular weight is 604 g/mol. The Kier molecular flexibility index (Phi) is 7.79. The van der Waals surface area contributed by atoms with Crippen LogP contribution < -0.4 is 11.1 Å². The number of ether oxygens (including phenoxy) is 1. The average Bonchev–Trinajstić information content (AvgIpc) is 3.54. The third-order valence-electron chi connectivity index (χ3n) is 8.50. The molecule has 1 aromatic heterocycles. The van der Waals surface area contributed by atoms with E-state index in [0.29, 0.717) is 28.4 Å². The summed E-state index contributed by atoms with van der Waals surface area (Å²) in [5, 5.41) is 2.95. The largest absolute Gasteiger partial charge is 0.458 e. The molecule has 11 heteroatoms. The number of benzene rings is 2. The lowest BCUT2D eigenvalue weighted by atomic mass is 9.86. The van der Waals surface area contributed by atoms with Gasteiger partial charge in [-0.3, -0.25) is 14.6 Å². The molecular formula is C33H30F3N4O4+. The first-order chi connectivity index (χ1) is 21.1. The Bertz CT molecular complexity index is 1750. The lowest BCUT2D eigenvalue weighted by molar-refractivity contribution is -0.476. The number of pyridine rings is 1. The predicted molar refractivity (Wildman–Crippen MR) is 154 cm³/mol. The monoisotopic (exact) mass is 603 g/mol. The highest BCUT2D eigenvalue weighted by atomic mass is 19.1. The number of nitrogens with one attached hydrogen (secondary N) is 1. The van der Waals surface area contributed by atoms with E-state index in [1.54, 1.807) is 23.6 Å². The van der Waals surface area contributed by atoms with Crippen LogP contribution in [0.25, 0.3) is 11.1 Å². The van der Waals surface area contributed by atoms with Crippen molar-refractivity contribution in [2.24, 2.45) is 17.6 Å². The molecule has 3 atom stereocenters. The molecule has 0 radical (unpaired) electrons. The zero-order chi connectivity index (χ0) is 31.1. The van der Waals surface area contributed by atoms with E-state index < -0.39 is 41.3 Å². The van der Waals surface area contributed by atoms with Crippen LogP contribution in [-0.2, 0) is 20.7 Å². The molecule has 2 heterocycles. The first-order valence-electron chi connectivity index (χ1n) is 14.5. The summed E-state index contributed by atoms with van der Waals surface area (Å²) in [5.74, 6) is -3.63. The molecular weight excluding hydrogens is 573 g/mol. The number of fused-ring (bicyclic) bond motifs is 5. The Labute approximate surface area is 251 Å². The number of primary amides is 1. The first kappa shape index (κ1) is 29.3. The Morgan fingerprint density at radius 2 is 1.82 bits per heavy atom. The van der Waals surface area contributed by atoms with Gasteiger partial charge in [0.15, 0.2) is 5.71 Å². The number of rotatable bonds is 10. The standard InChI is InChI=1S/C33H29F3N4O4/c1-2-44-33(43)31-28-19-5-6-20(13-19)30(28)40(31)16-27(41)39-26(12-17-10-21(34)15-22(35)11-17)29-23(4-3-9-38-29)18-7-8-25(36)24(14-18)32(37)42/h3-4,7-11,14-15,19-20,26H,2,5-6,12-13,16H2,1H3,(H2-,37,39,41,42)/p+1. The van der Waals surface area contributed by atoms with Crippen molar-refractivity contribution in [2.45, 2.75) is 38.6 Å². The number of hydrogen-bond acceptors (Lipinski definition) is 5. The van der Waals surface area contributed by atoms with Crippen molar-refractivity contribution in [3.8, 4) is 11.1 Å². The van der Waals surface area contributed by atoms with Crippen LogP contribution in [0.5, 0.6) is 0 Å². The number of amides is 2. The van der Waals surface area contributed by atoms with Gasteiger partial charge in [0.2, 0.25) is 6.54 Å². The maximum Gasteiger partial charge on any atom is 0.404 e. The van der Waals surface area contributed by atoms with Gasteiger partial charge in [-0.05, 0) is 80.0 Å². The highest BCUT2D eigenvalue weighted by Gasteiger charge is 2.58. The van der Waals surface area contributed by atoms with Crippen LogP contribution in [0, 0.1) is 29.3 Å². The second-order valence-corrected chi connectivity index (χ2v) is 11.3. The van der Waals surface area contributed by atoms with Gasteiger partial charge >= 0.3 is 11.7 Å². The second kappa shape index (κ2) is 11.7. The molecule has 3 N–H and O–H groups in total. The third kappa shape index (κ3) is 5.38. The zero-order valence-corrected chi connectivity index (χ0v) is 23.9. The molecule has 226 valence electrons. The van der Waals surface area contributed by atoms with Gasteiger partial charge in [-0.1, -0.05) is 12.1 Å². The lowest BCUT2D eigenvalue weighted by Gasteiger charge is -2.26. The number of halogens is 3. The number of hydrogen-bond donors (Lipinski definition) is 2. The fraction of sp³-hybridized carbons (Fsp3) is 0.303. The van der Waals surface area contributed by atoms with Gasteiger partial charge in [0.25, 0.3) is 11.8 Å². The summed E-state index contributed by atoms with van der Waals surface area (Å²) in [6.07, 6.45) is 4.40. The normalized spacial score (nSPS) is 19.0. The molecule has 2 amide bonds. The summed E-state index contributed by atoms with van der Waals surface area (Å²) in [5.41, 5.74) is 8.91. The molecule has 3 aliphatic rings. The van der Waals surface area contributed by atoms with Crippen molar-refractivity contribution in [3.05, 3.63) is 100 Å². The van der Waals surface area contributed by atoms with E-state index in [4.69, 9.17) is 10.5 Å². The number of carbonyl (C=O) groups is 3. The minimum atomic E-state index is -0.952. The smallest absolute Gasteiger partial charge is 0.404 e. The van der Waals surface area contributed by atoms with Gasteiger partial charge in [-0.15, -0.1) is 0 Å². The number of esters is 1. The molecule has 0 spiro atoms. The van der Waals surface area contributed by atoms with Crippen LogP contribution in [0.15, 0.2) is 66.0 Å². The molecule has 6 rings (SSSR count). The van der Waals surface area contributed by atoms with Gasteiger partial charge < -0.3 is 15.8 Å². The maximum absolute atomic E-state index is 14.3. The van der Waals surface area contributed by atoms with Crippen molar-refractivity contribution >= 4 is 23.5 Å². The van der Waals surface area contributed by atoms with E-state index in [1.807, 2.05) is 0 Å². The van der Waals surface area contributed by atoms with Gasteiger partial charge in [-0.2, -0.15) is 4.58 Å². The van der Waals surface area contributed by atoms with Gasteiger partial charge in [0.1, 0.15) is 23.0 Å². The second-order valence-electron chi connectivity index (χ2n) is 11.3. The van der Waals surface area contributed by atoms with Crippen LogP contribution in [0.3, 0.4) is 0 Å². The van der Waals surface area contributed by atoms with Gasteiger partial charge in [-0.25, -0.2) is 18.0 Å². The van der Waals surface area contributed by atoms with Crippen LogP contribution >= 0.6 is 0 Å². The summed E-state index contributed by atoms with van der Waals surface area (Å²) < 4.78 is 49.7. The van der Waals surface area contributed by atoms with Crippen LogP contribution in [0.1, 0.15) is 53.8 Å². The molecule has 44 heavy (non-hydrogen) atoms. The van der Waals surface area contributed by atoms with Crippen molar-refractivity contribution in [2.75, 3.05) is 13.2 Å². The number of nitrogens with two attached hydrogens (primary N) is 1. The summed E-state index contributed by atoms with van der Waals surface area (Å²) in [6.45, 7) is 1.77. The highest BCUT2D eigenvalue weighted by molar-refractivity contribution is 6.12. The molecule has 8 nitrogen and oxygen atoms in total. The summed E-state index contributed by atoms with van der Waals surface area (Å²) in [4.78, 5) is 42.9. The predicted octanol–water partition coefficient (Wildman–Crippen LogP) is 4.38. The first-order valence-corrected chi connectivity index (χ1v) is 14.5. The fourth-order valence-corrected chi connectivity index (χ4v) is 6.78. The summed E-state index contributed by atoms with van der Waals surface area (Å²) in [7, 11) is 0. The van der Waals surface area contributed by atoms with Crippen molar-refractivity contribution in [1.29, 1.82) is 0 Å². The van der Waals surface area contributed by atoms with E-state index in [9.17, 15) is 27.6 Å². The van der Waals surface area contributed by atoms with Crippen molar-refractivity contribution in [1.82, 2.24) is 10.3 Å². The minimum absolute atomic E-state index is 0.0403. The van der Waals surface area contributed by atoms with Crippen molar-refractivity contribution < 1.29 is 36.9 Å². The molecule has 3 unspecified atom stereocenters. The quantitative estimate of drug-likeness (QED) is 0.264. The Morgan fingerprint density at radius 3 is 2.55 bits per heavy atom. The van der Waals surface area contributed by atoms with Crippen molar-refractivity contribution in [3.63, 3.8) is 0 Å². The topological polar surface area (TPSA) is 114 Å². The number of allylic oxidation sites excluding steroid dienone is 1. The van der Waals surface area contributed by atoms with E-state index in [0.717, 1.165) is 42.7 Å². The Morgan fingerprint density at radius 1 is 1.07 bits per heavy atom. The van der Waals surface area contributed by atoms with Gasteiger partial charge in [0.05, 0.1) is 23.9 Å². The zero-order valence-electron chi connectivity index (χ0n) is 23.9. The molecule has 2 aliphatic carbocycles. The van der Waals surface area contributed by atoms with E-state index in [1.165, 1.54) is 30.5 Å². The maximum atomic E-state index is 14.3. The molecule has 3 aromatic rings. The third-order valence-corrected chi connectivity index (χ3v) is 8.50.